The summed E-state index contributed by atoms with van der Waals surface area (Å²) < 4.78 is 5.68. The predicted molar refractivity (Wildman–Crippen MR) is 76.4 cm³/mol. The topological polar surface area (TPSA) is 21.3 Å². The molecule has 0 amide bonds. The second-order valence-corrected chi connectivity index (χ2v) is 5.80. The fourth-order valence-corrected chi connectivity index (χ4v) is 2.60. The van der Waals surface area contributed by atoms with E-state index in [9.17, 15) is 0 Å². The Bertz CT molecular complexity index is 404. The van der Waals surface area contributed by atoms with Crippen molar-refractivity contribution in [3.05, 3.63) is 28.3 Å². The number of fused-ring (bicyclic) bond motifs is 1. The fourth-order valence-electron chi connectivity index (χ4n) is 2.34. The maximum Gasteiger partial charge on any atom is 0.127 e. The van der Waals surface area contributed by atoms with Crippen LogP contribution in [0.2, 0.25) is 5.02 Å². The number of benzene rings is 1. The monoisotopic (exact) mass is 267 g/mol. The SMILES string of the molecule is CC(C)CCCNCc1cc(Cl)cc2c1OCC2. The summed E-state index contributed by atoms with van der Waals surface area (Å²) in [7, 11) is 0. The Morgan fingerprint density at radius 3 is 3.00 bits per heavy atom. The Labute approximate surface area is 115 Å². The van der Waals surface area contributed by atoms with Gasteiger partial charge in [-0.25, -0.2) is 0 Å². The molecule has 0 unspecified atom stereocenters. The van der Waals surface area contributed by atoms with Gasteiger partial charge in [0.05, 0.1) is 6.61 Å². The fraction of sp³-hybridized carbons (Fsp3) is 0.600. The van der Waals surface area contributed by atoms with E-state index in [1.807, 2.05) is 12.1 Å². The minimum Gasteiger partial charge on any atom is -0.493 e. The third-order valence-electron chi connectivity index (χ3n) is 3.28. The molecule has 0 fully saturated rings. The van der Waals surface area contributed by atoms with Gasteiger partial charge in [0.15, 0.2) is 0 Å². The van der Waals surface area contributed by atoms with Crippen LogP contribution in [0.15, 0.2) is 12.1 Å². The molecule has 0 bridgehead atoms. The Morgan fingerprint density at radius 2 is 2.22 bits per heavy atom. The first-order valence-electron chi connectivity index (χ1n) is 6.81. The molecule has 0 saturated heterocycles. The maximum atomic E-state index is 6.13. The van der Waals surface area contributed by atoms with Gasteiger partial charge in [-0.2, -0.15) is 0 Å². The first kappa shape index (κ1) is 13.7. The van der Waals surface area contributed by atoms with Gasteiger partial charge in [0, 0.05) is 23.6 Å². The summed E-state index contributed by atoms with van der Waals surface area (Å²) in [5.74, 6) is 1.83. The van der Waals surface area contributed by atoms with Crippen LogP contribution in [0.1, 0.15) is 37.8 Å². The zero-order chi connectivity index (χ0) is 13.0. The molecule has 0 aliphatic carbocycles. The largest absolute Gasteiger partial charge is 0.493 e. The van der Waals surface area contributed by atoms with Gasteiger partial charge in [-0.1, -0.05) is 25.4 Å². The zero-order valence-electron chi connectivity index (χ0n) is 11.3. The molecule has 2 rings (SSSR count). The van der Waals surface area contributed by atoms with Crippen molar-refractivity contribution in [2.45, 2.75) is 39.7 Å². The lowest BCUT2D eigenvalue weighted by Crippen LogP contribution is -2.15. The molecule has 0 spiro atoms. The molecule has 0 aromatic heterocycles. The molecule has 18 heavy (non-hydrogen) atoms. The minimum absolute atomic E-state index is 0.783. The lowest BCUT2D eigenvalue weighted by atomic mass is 10.1. The van der Waals surface area contributed by atoms with Crippen molar-refractivity contribution < 1.29 is 4.74 Å². The highest BCUT2D eigenvalue weighted by Crippen LogP contribution is 2.32. The highest BCUT2D eigenvalue weighted by Gasteiger charge is 2.17. The van der Waals surface area contributed by atoms with Gasteiger partial charge in [-0.15, -0.1) is 0 Å². The summed E-state index contributed by atoms with van der Waals surface area (Å²) in [6.07, 6.45) is 3.48. The molecule has 1 heterocycles. The molecule has 0 radical (unpaired) electrons. The number of hydrogen-bond donors (Lipinski definition) is 1. The quantitative estimate of drug-likeness (QED) is 0.792. The van der Waals surface area contributed by atoms with Crippen molar-refractivity contribution in [2.75, 3.05) is 13.2 Å². The van der Waals surface area contributed by atoms with E-state index < -0.39 is 0 Å². The van der Waals surface area contributed by atoms with Crippen LogP contribution in [0.4, 0.5) is 0 Å². The number of rotatable bonds is 6. The average molecular weight is 268 g/mol. The van der Waals surface area contributed by atoms with E-state index in [2.05, 4.69) is 19.2 Å². The number of hydrogen-bond acceptors (Lipinski definition) is 2. The van der Waals surface area contributed by atoms with Crippen LogP contribution in [-0.2, 0) is 13.0 Å². The molecule has 0 atom stereocenters. The van der Waals surface area contributed by atoms with Crippen molar-refractivity contribution in [2.24, 2.45) is 5.92 Å². The highest BCUT2D eigenvalue weighted by molar-refractivity contribution is 6.30. The molecule has 1 aromatic rings. The van der Waals surface area contributed by atoms with Crippen molar-refractivity contribution in [3.8, 4) is 5.75 Å². The highest BCUT2D eigenvalue weighted by atomic mass is 35.5. The van der Waals surface area contributed by atoms with Gasteiger partial charge < -0.3 is 10.1 Å². The predicted octanol–water partition coefficient (Wildman–Crippen LogP) is 3.80. The molecule has 2 nitrogen and oxygen atoms in total. The van der Waals surface area contributed by atoms with Gasteiger partial charge in [0.25, 0.3) is 0 Å². The molecule has 0 saturated carbocycles. The van der Waals surface area contributed by atoms with E-state index in [1.165, 1.54) is 24.0 Å². The zero-order valence-corrected chi connectivity index (χ0v) is 12.0. The summed E-state index contributed by atoms with van der Waals surface area (Å²) in [6.45, 7) is 7.21. The molecule has 1 aromatic carbocycles. The minimum atomic E-state index is 0.783. The van der Waals surface area contributed by atoms with E-state index >= 15 is 0 Å². The second kappa shape index (κ2) is 6.44. The van der Waals surface area contributed by atoms with E-state index in [0.29, 0.717) is 0 Å². The summed E-state index contributed by atoms with van der Waals surface area (Å²) in [5, 5.41) is 4.29. The van der Waals surface area contributed by atoms with Crippen molar-refractivity contribution in [1.82, 2.24) is 5.32 Å². The van der Waals surface area contributed by atoms with E-state index in [1.54, 1.807) is 0 Å². The lowest BCUT2D eigenvalue weighted by Gasteiger charge is -2.10. The van der Waals surface area contributed by atoms with Gasteiger partial charge in [-0.05, 0) is 43.0 Å². The van der Waals surface area contributed by atoms with Gasteiger partial charge >= 0.3 is 0 Å². The van der Waals surface area contributed by atoms with Crippen molar-refractivity contribution in [1.29, 1.82) is 0 Å². The molecular weight excluding hydrogens is 246 g/mol. The van der Waals surface area contributed by atoms with E-state index in [-0.39, 0.29) is 0 Å². The van der Waals surface area contributed by atoms with Gasteiger partial charge in [-0.3, -0.25) is 0 Å². The van der Waals surface area contributed by atoms with Gasteiger partial charge in [0.2, 0.25) is 0 Å². The summed E-state index contributed by atoms with van der Waals surface area (Å²) in [4.78, 5) is 0. The van der Waals surface area contributed by atoms with Crippen molar-refractivity contribution in [3.63, 3.8) is 0 Å². The number of nitrogens with one attached hydrogen (secondary N) is 1. The molecule has 1 N–H and O–H groups in total. The smallest absolute Gasteiger partial charge is 0.127 e. The summed E-state index contributed by atoms with van der Waals surface area (Å²) in [6, 6.07) is 4.04. The average Bonchev–Trinajstić information content (AvgIpc) is 2.75. The molecule has 1 aliphatic rings. The number of ether oxygens (including phenoxy) is 1. The third kappa shape index (κ3) is 3.63. The van der Waals surface area contributed by atoms with E-state index in [4.69, 9.17) is 16.3 Å². The van der Waals surface area contributed by atoms with Crippen LogP contribution in [0.5, 0.6) is 5.75 Å². The summed E-state index contributed by atoms with van der Waals surface area (Å²) in [5.41, 5.74) is 2.45. The molecule has 3 heteroatoms. The van der Waals surface area contributed by atoms with Crippen LogP contribution >= 0.6 is 11.6 Å². The first-order chi connectivity index (χ1) is 8.66. The lowest BCUT2D eigenvalue weighted by molar-refractivity contribution is 0.352. The van der Waals surface area contributed by atoms with Crippen LogP contribution in [0.25, 0.3) is 0 Å². The van der Waals surface area contributed by atoms with Crippen LogP contribution < -0.4 is 10.1 Å². The first-order valence-corrected chi connectivity index (χ1v) is 7.19. The second-order valence-electron chi connectivity index (χ2n) is 5.36. The van der Waals surface area contributed by atoms with Crippen LogP contribution in [0.3, 0.4) is 0 Å². The standard InChI is InChI=1S/C15H22ClNO/c1-11(2)4-3-6-17-10-13-9-14(16)8-12-5-7-18-15(12)13/h8-9,11,17H,3-7,10H2,1-2H3. The Balaban J connectivity index is 1.86. The normalized spacial score (nSPS) is 13.8. The van der Waals surface area contributed by atoms with Crippen LogP contribution in [0, 0.1) is 5.92 Å². The molecular formula is C15H22ClNO. The Morgan fingerprint density at radius 1 is 1.39 bits per heavy atom. The van der Waals surface area contributed by atoms with E-state index in [0.717, 1.165) is 42.8 Å². The maximum absolute atomic E-state index is 6.13. The third-order valence-corrected chi connectivity index (χ3v) is 3.49. The Hall–Kier alpha value is -0.730. The number of halogens is 1. The molecule has 100 valence electrons. The molecule has 1 aliphatic heterocycles. The van der Waals surface area contributed by atoms with Crippen LogP contribution in [-0.4, -0.2) is 13.2 Å². The Kier molecular flexibility index (Phi) is 4.90. The van der Waals surface area contributed by atoms with Gasteiger partial charge in [0.1, 0.15) is 5.75 Å². The van der Waals surface area contributed by atoms with Crippen molar-refractivity contribution >= 4 is 11.6 Å². The summed E-state index contributed by atoms with van der Waals surface area (Å²) >= 11 is 6.13.